The van der Waals surface area contributed by atoms with E-state index in [0.29, 0.717) is 35.5 Å². The maximum Gasteiger partial charge on any atom is 0.259 e. The van der Waals surface area contributed by atoms with Gasteiger partial charge < -0.3 is 19.7 Å². The minimum atomic E-state index is -0.617. The summed E-state index contributed by atoms with van der Waals surface area (Å²) in [5, 5.41) is 3.63. The Labute approximate surface area is 265 Å². The largest absolute Gasteiger partial charge is 0.493 e. The zero-order valence-electron chi connectivity index (χ0n) is 26.2. The van der Waals surface area contributed by atoms with Crippen molar-refractivity contribution >= 4 is 28.8 Å². The molecule has 1 aliphatic heterocycles. The van der Waals surface area contributed by atoms with E-state index in [1.807, 2.05) is 72.8 Å². The minimum absolute atomic E-state index is 0.0139. The second-order valence-corrected chi connectivity index (χ2v) is 11.4. The standard InChI is InChI=1S/C38H39N3O4/c1-5-40(6-2)29-19-16-25(17-20-29)37-36-31(22-28(23-33(36)42)27-18-21-34(44-3)35(24-27)45-4)39-30-14-10-11-15-32(30)41(37)38(43)26-12-8-7-9-13-26/h7-21,24,28,37,39H,5-6,22-23H2,1-4H3/t28-,37+/m1/s1. The topological polar surface area (TPSA) is 71.1 Å². The Morgan fingerprint density at radius 3 is 2.18 bits per heavy atom. The SMILES string of the molecule is CCN(CC)c1ccc([C@H]2C3=C(C[C@@H](c4ccc(OC)c(OC)c4)CC3=O)Nc3ccccc3N2C(=O)c2ccccc2)cc1. The smallest absolute Gasteiger partial charge is 0.259 e. The summed E-state index contributed by atoms with van der Waals surface area (Å²) in [5.74, 6) is 1.06. The van der Waals surface area contributed by atoms with Gasteiger partial charge in [0.05, 0.1) is 31.6 Å². The van der Waals surface area contributed by atoms with Crippen LogP contribution < -0.4 is 24.6 Å². The summed E-state index contributed by atoms with van der Waals surface area (Å²) in [5.41, 5.74) is 6.54. The number of para-hydroxylation sites is 2. The van der Waals surface area contributed by atoms with Crippen molar-refractivity contribution in [2.24, 2.45) is 0 Å². The first-order valence-electron chi connectivity index (χ1n) is 15.5. The lowest BCUT2D eigenvalue weighted by molar-refractivity contribution is -0.116. The summed E-state index contributed by atoms with van der Waals surface area (Å²) in [7, 11) is 3.23. The van der Waals surface area contributed by atoms with Crippen molar-refractivity contribution < 1.29 is 19.1 Å². The van der Waals surface area contributed by atoms with Crippen molar-refractivity contribution in [1.29, 1.82) is 0 Å². The molecule has 4 aromatic rings. The van der Waals surface area contributed by atoms with Crippen LogP contribution in [0.2, 0.25) is 0 Å². The van der Waals surface area contributed by atoms with E-state index in [1.54, 1.807) is 19.1 Å². The Morgan fingerprint density at radius 1 is 0.822 bits per heavy atom. The van der Waals surface area contributed by atoms with Crippen molar-refractivity contribution in [2.45, 2.75) is 38.6 Å². The van der Waals surface area contributed by atoms with Crippen molar-refractivity contribution in [1.82, 2.24) is 0 Å². The fourth-order valence-electron chi connectivity index (χ4n) is 6.65. The summed E-state index contributed by atoms with van der Waals surface area (Å²) in [6.45, 7) is 6.05. The molecule has 2 aliphatic rings. The van der Waals surface area contributed by atoms with E-state index in [1.165, 1.54) is 0 Å². The zero-order chi connectivity index (χ0) is 31.5. The molecule has 4 aromatic carbocycles. The van der Waals surface area contributed by atoms with E-state index in [2.05, 4.69) is 48.3 Å². The summed E-state index contributed by atoms with van der Waals surface area (Å²) in [6.07, 6.45) is 0.917. The second-order valence-electron chi connectivity index (χ2n) is 11.4. The molecule has 0 bridgehead atoms. The number of carbonyl (C=O) groups is 2. The van der Waals surface area contributed by atoms with Crippen molar-refractivity contribution in [3.8, 4) is 11.5 Å². The van der Waals surface area contributed by atoms with E-state index in [9.17, 15) is 9.59 Å². The molecule has 1 amide bonds. The van der Waals surface area contributed by atoms with Gasteiger partial charge in [0, 0.05) is 42.0 Å². The monoisotopic (exact) mass is 601 g/mol. The first-order chi connectivity index (χ1) is 22.0. The maximum atomic E-state index is 14.5. The summed E-state index contributed by atoms with van der Waals surface area (Å²) < 4.78 is 11.0. The molecule has 1 N–H and O–H groups in total. The number of carbonyl (C=O) groups excluding carboxylic acids is 2. The van der Waals surface area contributed by atoms with Gasteiger partial charge in [-0.05, 0) is 85.8 Å². The van der Waals surface area contributed by atoms with E-state index in [4.69, 9.17) is 9.47 Å². The molecule has 0 saturated heterocycles. The van der Waals surface area contributed by atoms with Gasteiger partial charge in [-0.15, -0.1) is 0 Å². The highest BCUT2D eigenvalue weighted by Crippen LogP contribution is 2.48. The molecule has 1 aliphatic carbocycles. The van der Waals surface area contributed by atoms with Gasteiger partial charge >= 0.3 is 0 Å². The van der Waals surface area contributed by atoms with Gasteiger partial charge in [0.1, 0.15) is 0 Å². The number of nitrogens with zero attached hydrogens (tertiary/aromatic N) is 2. The molecule has 230 valence electrons. The highest BCUT2D eigenvalue weighted by molar-refractivity contribution is 6.12. The predicted octanol–water partition coefficient (Wildman–Crippen LogP) is 7.76. The van der Waals surface area contributed by atoms with E-state index < -0.39 is 6.04 Å². The van der Waals surface area contributed by atoms with Gasteiger partial charge in [0.25, 0.3) is 5.91 Å². The molecule has 7 nitrogen and oxygen atoms in total. The quantitative estimate of drug-likeness (QED) is 0.223. The molecule has 0 fully saturated rings. The molecule has 0 saturated carbocycles. The molecule has 0 aromatic heterocycles. The highest BCUT2D eigenvalue weighted by Gasteiger charge is 2.42. The second kappa shape index (κ2) is 12.9. The highest BCUT2D eigenvalue weighted by atomic mass is 16.5. The lowest BCUT2D eigenvalue weighted by Crippen LogP contribution is -2.38. The molecule has 0 radical (unpaired) electrons. The van der Waals surface area contributed by atoms with Gasteiger partial charge in [0.2, 0.25) is 0 Å². The van der Waals surface area contributed by atoms with Crippen LogP contribution in [0.25, 0.3) is 0 Å². The third kappa shape index (κ3) is 5.66. The first-order valence-corrected chi connectivity index (χ1v) is 15.5. The van der Waals surface area contributed by atoms with Crippen LogP contribution in [0.4, 0.5) is 17.1 Å². The number of anilines is 3. The molecular weight excluding hydrogens is 562 g/mol. The minimum Gasteiger partial charge on any atom is -0.493 e. The molecule has 45 heavy (non-hydrogen) atoms. The van der Waals surface area contributed by atoms with Crippen molar-refractivity contribution in [2.75, 3.05) is 42.4 Å². The molecule has 7 heteroatoms. The number of allylic oxidation sites excluding steroid dienone is 1. The van der Waals surface area contributed by atoms with Crippen LogP contribution in [0.1, 0.15) is 60.1 Å². The maximum absolute atomic E-state index is 14.5. The van der Waals surface area contributed by atoms with Crippen LogP contribution in [0, 0.1) is 0 Å². The summed E-state index contributed by atoms with van der Waals surface area (Å²) >= 11 is 0. The molecule has 1 heterocycles. The number of benzene rings is 4. The number of Topliss-reactive ketones (excluding diaryl/α,β-unsaturated/α-hetero) is 1. The normalized spacial score (nSPS) is 17.5. The van der Waals surface area contributed by atoms with Crippen LogP contribution in [-0.4, -0.2) is 39.0 Å². The van der Waals surface area contributed by atoms with Crippen molar-refractivity contribution in [3.63, 3.8) is 0 Å². The number of ether oxygens (including phenoxy) is 2. The zero-order valence-corrected chi connectivity index (χ0v) is 26.2. The average molecular weight is 602 g/mol. The van der Waals surface area contributed by atoms with Gasteiger partial charge in [-0.3, -0.25) is 14.5 Å². The van der Waals surface area contributed by atoms with Gasteiger partial charge in [0.15, 0.2) is 17.3 Å². The molecule has 6 rings (SSSR count). The van der Waals surface area contributed by atoms with Crippen LogP contribution in [0.15, 0.2) is 108 Å². The van der Waals surface area contributed by atoms with Crippen LogP contribution in [0.3, 0.4) is 0 Å². The Bertz CT molecular complexity index is 1730. The number of ketones is 1. The Balaban J connectivity index is 1.52. The fourth-order valence-corrected chi connectivity index (χ4v) is 6.65. The van der Waals surface area contributed by atoms with Gasteiger partial charge in [-0.25, -0.2) is 0 Å². The Hall–Kier alpha value is -5.04. The van der Waals surface area contributed by atoms with Gasteiger partial charge in [-0.2, -0.15) is 0 Å². The first kappa shape index (κ1) is 30.0. The number of hydrogen-bond acceptors (Lipinski definition) is 6. The van der Waals surface area contributed by atoms with E-state index in [0.717, 1.165) is 47.0 Å². The number of hydrogen-bond donors (Lipinski definition) is 1. The summed E-state index contributed by atoms with van der Waals surface area (Å²) in [6, 6.07) is 30.7. The number of fused-ring (bicyclic) bond motifs is 1. The number of methoxy groups -OCH3 is 2. The van der Waals surface area contributed by atoms with Crippen LogP contribution in [-0.2, 0) is 4.79 Å². The molecule has 2 atom stereocenters. The summed E-state index contributed by atoms with van der Waals surface area (Å²) in [4.78, 5) is 33.0. The Morgan fingerprint density at radius 2 is 1.49 bits per heavy atom. The lowest BCUT2D eigenvalue weighted by Gasteiger charge is -2.35. The van der Waals surface area contributed by atoms with Gasteiger partial charge in [-0.1, -0.05) is 48.5 Å². The Kier molecular flexibility index (Phi) is 8.60. The number of amides is 1. The number of nitrogens with one attached hydrogen (secondary N) is 1. The number of rotatable bonds is 8. The third-order valence-corrected chi connectivity index (χ3v) is 8.94. The van der Waals surface area contributed by atoms with Crippen molar-refractivity contribution in [3.05, 3.63) is 125 Å². The average Bonchev–Trinajstić information content (AvgIpc) is 3.23. The third-order valence-electron chi connectivity index (χ3n) is 8.94. The predicted molar refractivity (Wildman–Crippen MR) is 180 cm³/mol. The molecule has 0 spiro atoms. The molecular formula is C38H39N3O4. The van der Waals surface area contributed by atoms with Crippen LogP contribution >= 0.6 is 0 Å². The fraction of sp³-hybridized carbons (Fsp3) is 0.263. The lowest BCUT2D eigenvalue weighted by atomic mass is 9.78. The van der Waals surface area contributed by atoms with E-state index >= 15 is 0 Å². The molecule has 0 unspecified atom stereocenters. The van der Waals surface area contributed by atoms with E-state index in [-0.39, 0.29) is 17.6 Å². The van der Waals surface area contributed by atoms with Crippen LogP contribution in [0.5, 0.6) is 11.5 Å².